The molecule has 1 aromatic carbocycles. The normalized spacial score (nSPS) is 21.0. The van der Waals surface area contributed by atoms with Gasteiger partial charge in [-0.25, -0.2) is 0 Å². The molecule has 1 saturated heterocycles. The largest absolute Gasteiger partial charge is 0.398 e. The minimum atomic E-state index is 0.111. The molecular formula is C11H14N2O. The number of ketones is 1. The molecular weight excluding hydrogens is 176 g/mol. The summed E-state index contributed by atoms with van der Waals surface area (Å²) in [5.74, 6) is 0.285. The van der Waals surface area contributed by atoms with E-state index in [4.69, 9.17) is 5.73 Å². The summed E-state index contributed by atoms with van der Waals surface area (Å²) in [4.78, 5) is 11.9. The summed E-state index contributed by atoms with van der Waals surface area (Å²) in [6, 6.07) is 7.27. The first-order valence-corrected chi connectivity index (χ1v) is 4.88. The fourth-order valence-corrected chi connectivity index (χ4v) is 1.82. The number of rotatable bonds is 2. The molecule has 0 saturated carbocycles. The Hall–Kier alpha value is -1.35. The highest BCUT2D eigenvalue weighted by Gasteiger charge is 2.24. The number of hydrogen-bond donors (Lipinski definition) is 2. The standard InChI is InChI=1S/C11H14N2O/c12-10-4-2-1-3-9(10)11(14)8-5-6-13-7-8/h1-4,8,13H,5-7,12H2. The fourth-order valence-electron chi connectivity index (χ4n) is 1.82. The number of Topliss-reactive ketones (excluding diaryl/α,β-unsaturated/α-hetero) is 1. The quantitative estimate of drug-likeness (QED) is 0.541. The van der Waals surface area contributed by atoms with E-state index >= 15 is 0 Å². The van der Waals surface area contributed by atoms with Crippen molar-refractivity contribution < 1.29 is 4.79 Å². The molecule has 1 unspecified atom stereocenters. The highest BCUT2D eigenvalue weighted by molar-refractivity contribution is 6.02. The van der Waals surface area contributed by atoms with Gasteiger partial charge in [0.05, 0.1) is 0 Å². The molecule has 1 aliphatic heterocycles. The topological polar surface area (TPSA) is 55.1 Å². The second kappa shape index (κ2) is 3.80. The molecule has 3 heteroatoms. The molecule has 1 atom stereocenters. The lowest BCUT2D eigenvalue weighted by Gasteiger charge is -2.08. The Labute approximate surface area is 83.3 Å². The van der Waals surface area contributed by atoms with Gasteiger partial charge in [-0.1, -0.05) is 12.1 Å². The van der Waals surface area contributed by atoms with E-state index in [1.165, 1.54) is 0 Å². The van der Waals surface area contributed by atoms with Crippen LogP contribution in [0, 0.1) is 5.92 Å². The minimum Gasteiger partial charge on any atom is -0.398 e. The fraction of sp³-hybridized carbons (Fsp3) is 0.364. The molecule has 14 heavy (non-hydrogen) atoms. The zero-order chi connectivity index (χ0) is 9.97. The first-order valence-electron chi connectivity index (χ1n) is 4.88. The Bertz CT molecular complexity index is 343. The third kappa shape index (κ3) is 1.63. The van der Waals surface area contributed by atoms with E-state index in [0.717, 1.165) is 19.5 Å². The van der Waals surface area contributed by atoms with Crippen LogP contribution in [0.25, 0.3) is 0 Å². The van der Waals surface area contributed by atoms with Gasteiger partial charge < -0.3 is 11.1 Å². The second-order valence-corrected chi connectivity index (χ2v) is 3.64. The zero-order valence-corrected chi connectivity index (χ0v) is 7.99. The SMILES string of the molecule is Nc1ccccc1C(=O)C1CCNC1. The smallest absolute Gasteiger partial charge is 0.169 e. The van der Waals surface area contributed by atoms with Gasteiger partial charge in [0.1, 0.15) is 0 Å². The molecule has 0 aromatic heterocycles. The van der Waals surface area contributed by atoms with Gasteiger partial charge in [-0.15, -0.1) is 0 Å². The predicted molar refractivity (Wildman–Crippen MR) is 56.2 cm³/mol. The van der Waals surface area contributed by atoms with Gasteiger partial charge in [-0.2, -0.15) is 0 Å². The van der Waals surface area contributed by atoms with Crippen molar-refractivity contribution in [1.29, 1.82) is 0 Å². The number of para-hydroxylation sites is 1. The second-order valence-electron chi connectivity index (χ2n) is 3.64. The Kier molecular flexibility index (Phi) is 2.50. The van der Waals surface area contributed by atoms with E-state index in [-0.39, 0.29) is 11.7 Å². The number of nitrogens with two attached hydrogens (primary N) is 1. The monoisotopic (exact) mass is 190 g/mol. The van der Waals surface area contributed by atoms with Crippen LogP contribution < -0.4 is 11.1 Å². The van der Waals surface area contributed by atoms with E-state index in [0.29, 0.717) is 11.3 Å². The van der Waals surface area contributed by atoms with Gasteiger partial charge in [0.25, 0.3) is 0 Å². The highest BCUT2D eigenvalue weighted by Crippen LogP contribution is 2.19. The van der Waals surface area contributed by atoms with Crippen LogP contribution in [-0.2, 0) is 0 Å². The van der Waals surface area contributed by atoms with Crippen LogP contribution in [0.3, 0.4) is 0 Å². The summed E-state index contributed by atoms with van der Waals surface area (Å²) in [5.41, 5.74) is 7.00. The van der Waals surface area contributed by atoms with E-state index in [1.807, 2.05) is 12.1 Å². The van der Waals surface area contributed by atoms with Crippen LogP contribution in [-0.4, -0.2) is 18.9 Å². The summed E-state index contributed by atoms with van der Waals surface area (Å²) in [6.07, 6.45) is 0.924. The average Bonchev–Trinajstić information content (AvgIpc) is 2.70. The van der Waals surface area contributed by atoms with Crippen LogP contribution in [0.2, 0.25) is 0 Å². The number of nitrogen functional groups attached to an aromatic ring is 1. The van der Waals surface area contributed by atoms with Crippen molar-refractivity contribution in [2.45, 2.75) is 6.42 Å². The minimum absolute atomic E-state index is 0.111. The number of nitrogens with one attached hydrogen (secondary N) is 1. The van der Waals surface area contributed by atoms with Crippen LogP contribution in [0.4, 0.5) is 5.69 Å². The Morgan fingerprint density at radius 1 is 1.43 bits per heavy atom. The zero-order valence-electron chi connectivity index (χ0n) is 7.99. The van der Waals surface area contributed by atoms with Crippen LogP contribution in [0.5, 0.6) is 0 Å². The van der Waals surface area contributed by atoms with Crippen molar-refractivity contribution in [1.82, 2.24) is 5.32 Å². The van der Waals surface area contributed by atoms with Crippen molar-refractivity contribution >= 4 is 11.5 Å². The lowest BCUT2D eigenvalue weighted by molar-refractivity contribution is 0.0931. The van der Waals surface area contributed by atoms with E-state index in [9.17, 15) is 4.79 Å². The molecule has 0 spiro atoms. The maximum absolute atomic E-state index is 11.9. The number of anilines is 1. The first-order chi connectivity index (χ1) is 6.79. The third-order valence-electron chi connectivity index (χ3n) is 2.66. The van der Waals surface area contributed by atoms with Crippen LogP contribution in [0.15, 0.2) is 24.3 Å². The molecule has 3 nitrogen and oxygen atoms in total. The molecule has 1 heterocycles. The van der Waals surface area contributed by atoms with Crippen molar-refractivity contribution in [2.75, 3.05) is 18.8 Å². The Morgan fingerprint density at radius 2 is 2.21 bits per heavy atom. The third-order valence-corrected chi connectivity index (χ3v) is 2.66. The first kappa shape index (κ1) is 9.21. The van der Waals surface area contributed by atoms with Gasteiger partial charge in [0.15, 0.2) is 5.78 Å². The molecule has 1 fully saturated rings. The molecule has 1 aliphatic rings. The van der Waals surface area contributed by atoms with E-state index < -0.39 is 0 Å². The number of carbonyl (C=O) groups excluding carboxylic acids is 1. The Balaban J connectivity index is 2.22. The van der Waals surface area contributed by atoms with Gasteiger partial charge in [-0.05, 0) is 25.1 Å². The summed E-state index contributed by atoms with van der Waals surface area (Å²) in [6.45, 7) is 1.72. The molecule has 1 aromatic rings. The molecule has 0 amide bonds. The van der Waals surface area contributed by atoms with Gasteiger partial charge in [0, 0.05) is 23.7 Å². The van der Waals surface area contributed by atoms with Gasteiger partial charge >= 0.3 is 0 Å². The van der Waals surface area contributed by atoms with Crippen molar-refractivity contribution in [3.8, 4) is 0 Å². The molecule has 74 valence electrons. The number of benzene rings is 1. The maximum atomic E-state index is 11.9. The molecule has 0 aliphatic carbocycles. The van der Waals surface area contributed by atoms with Crippen LogP contribution in [0.1, 0.15) is 16.8 Å². The van der Waals surface area contributed by atoms with Gasteiger partial charge in [-0.3, -0.25) is 4.79 Å². The van der Waals surface area contributed by atoms with Crippen molar-refractivity contribution in [3.05, 3.63) is 29.8 Å². The number of hydrogen-bond acceptors (Lipinski definition) is 3. The summed E-state index contributed by atoms with van der Waals surface area (Å²) >= 11 is 0. The average molecular weight is 190 g/mol. The molecule has 3 N–H and O–H groups in total. The van der Waals surface area contributed by atoms with Gasteiger partial charge in [0.2, 0.25) is 0 Å². The number of carbonyl (C=O) groups is 1. The highest BCUT2D eigenvalue weighted by atomic mass is 16.1. The molecule has 2 rings (SSSR count). The lowest BCUT2D eigenvalue weighted by atomic mass is 9.96. The lowest BCUT2D eigenvalue weighted by Crippen LogP contribution is -2.18. The molecule has 0 radical (unpaired) electrons. The maximum Gasteiger partial charge on any atom is 0.169 e. The summed E-state index contributed by atoms with van der Waals surface area (Å²) in [5, 5.41) is 3.18. The van der Waals surface area contributed by atoms with Crippen molar-refractivity contribution in [2.24, 2.45) is 5.92 Å². The van der Waals surface area contributed by atoms with E-state index in [1.54, 1.807) is 12.1 Å². The summed E-state index contributed by atoms with van der Waals surface area (Å²) < 4.78 is 0. The summed E-state index contributed by atoms with van der Waals surface area (Å²) in [7, 11) is 0. The predicted octanol–water partition coefficient (Wildman–Crippen LogP) is 1.06. The Morgan fingerprint density at radius 3 is 2.86 bits per heavy atom. The molecule has 0 bridgehead atoms. The van der Waals surface area contributed by atoms with E-state index in [2.05, 4.69) is 5.32 Å². The van der Waals surface area contributed by atoms with Crippen LogP contribution >= 0.6 is 0 Å². The van der Waals surface area contributed by atoms with Crippen molar-refractivity contribution in [3.63, 3.8) is 0 Å².